The summed E-state index contributed by atoms with van der Waals surface area (Å²) in [6, 6.07) is 86.9. The van der Waals surface area contributed by atoms with Crippen LogP contribution in [0.4, 0.5) is 34.1 Å². The molecule has 0 amide bonds. The monoisotopic (exact) mass is 932 g/mol. The minimum Gasteiger partial charge on any atom is -0.456 e. The van der Waals surface area contributed by atoms with Crippen LogP contribution in [0.25, 0.3) is 96.1 Å². The van der Waals surface area contributed by atoms with Gasteiger partial charge < -0.3 is 18.6 Å². The Bertz CT molecular complexity index is 3900. The number of nitrogens with zero attached hydrogens (tertiary/aromatic N) is 2. The maximum Gasteiger partial charge on any atom is 0.135 e. The van der Waals surface area contributed by atoms with Gasteiger partial charge in [0.1, 0.15) is 22.3 Å². The molecule has 0 bridgehead atoms. The van der Waals surface area contributed by atoms with Crippen LogP contribution in [0.2, 0.25) is 0 Å². The first-order valence-corrected chi connectivity index (χ1v) is 25.1. The number of thiophene rings is 2. The fourth-order valence-electron chi connectivity index (χ4n) is 10.0. The number of furan rings is 2. The molecular weight excluding hydrogens is 893 g/mol. The quantitative estimate of drug-likeness (QED) is 0.144. The lowest BCUT2D eigenvalue weighted by Crippen LogP contribution is -2.10. The number of para-hydroxylation sites is 2. The van der Waals surface area contributed by atoms with E-state index >= 15 is 0 Å². The van der Waals surface area contributed by atoms with Crippen LogP contribution >= 0.6 is 22.7 Å². The van der Waals surface area contributed by atoms with Crippen LogP contribution < -0.4 is 9.80 Å². The Balaban J connectivity index is 0.791. The van der Waals surface area contributed by atoms with Crippen molar-refractivity contribution in [3.63, 3.8) is 0 Å². The van der Waals surface area contributed by atoms with Gasteiger partial charge in [-0.3, -0.25) is 0 Å². The summed E-state index contributed by atoms with van der Waals surface area (Å²) in [7, 11) is 0. The molecule has 0 aliphatic carbocycles. The van der Waals surface area contributed by atoms with E-state index in [0.717, 1.165) is 89.1 Å². The molecule has 0 atom stereocenters. The molecule has 0 unspecified atom stereocenters. The summed E-state index contributed by atoms with van der Waals surface area (Å²) >= 11 is 3.65. The summed E-state index contributed by atoms with van der Waals surface area (Å²) in [6.07, 6.45) is 0. The van der Waals surface area contributed by atoms with Crippen molar-refractivity contribution in [1.29, 1.82) is 0 Å². The summed E-state index contributed by atoms with van der Waals surface area (Å²) in [5.41, 5.74) is 14.6. The number of fused-ring (bicyclic) bond motifs is 8. The average molecular weight is 933 g/mol. The molecule has 0 aliphatic rings. The van der Waals surface area contributed by atoms with Gasteiger partial charge in [-0.1, -0.05) is 97.1 Å². The van der Waals surface area contributed by atoms with Crippen molar-refractivity contribution in [3.05, 3.63) is 243 Å². The molecular formula is C64H40N2O2S2. The Kier molecular flexibility index (Phi) is 9.54. The van der Waals surface area contributed by atoms with Crippen LogP contribution in [0.5, 0.6) is 0 Å². The number of hydrogen-bond acceptors (Lipinski definition) is 6. The molecule has 330 valence electrons. The Morgan fingerprint density at radius 1 is 0.257 bits per heavy atom. The fraction of sp³-hybridized carbons (Fsp3) is 0. The molecule has 6 heteroatoms. The van der Waals surface area contributed by atoms with Crippen molar-refractivity contribution < 1.29 is 8.83 Å². The van der Waals surface area contributed by atoms with Gasteiger partial charge in [0.05, 0.1) is 0 Å². The number of rotatable bonds is 9. The molecule has 0 fully saturated rings. The maximum atomic E-state index is 6.42. The number of hydrogen-bond donors (Lipinski definition) is 0. The first-order valence-electron chi connectivity index (χ1n) is 23.5. The highest BCUT2D eigenvalue weighted by atomic mass is 32.1. The van der Waals surface area contributed by atoms with E-state index in [2.05, 4.69) is 252 Å². The first-order chi connectivity index (χ1) is 34.6. The van der Waals surface area contributed by atoms with Crippen LogP contribution in [-0.2, 0) is 0 Å². The summed E-state index contributed by atoms with van der Waals surface area (Å²) in [6.45, 7) is 0. The van der Waals surface area contributed by atoms with E-state index in [0.29, 0.717) is 0 Å². The Morgan fingerprint density at radius 3 is 1.00 bits per heavy atom. The predicted molar refractivity (Wildman–Crippen MR) is 297 cm³/mol. The van der Waals surface area contributed by atoms with Gasteiger partial charge in [-0.2, -0.15) is 0 Å². The van der Waals surface area contributed by atoms with Gasteiger partial charge in [-0.05, 0) is 179 Å². The molecule has 4 nitrogen and oxygen atoms in total. The van der Waals surface area contributed by atoms with Crippen LogP contribution in [0.3, 0.4) is 0 Å². The van der Waals surface area contributed by atoms with Crippen molar-refractivity contribution >= 4 is 121 Å². The van der Waals surface area contributed by atoms with Crippen LogP contribution in [0.15, 0.2) is 251 Å². The van der Waals surface area contributed by atoms with E-state index < -0.39 is 0 Å². The van der Waals surface area contributed by atoms with E-state index in [1.807, 2.05) is 22.7 Å². The molecule has 14 aromatic rings. The fourth-order valence-corrected chi connectivity index (χ4v) is 12.1. The highest BCUT2D eigenvalue weighted by Crippen LogP contribution is 2.44. The molecule has 0 radical (unpaired) electrons. The van der Waals surface area contributed by atoms with Crippen molar-refractivity contribution in [1.82, 2.24) is 0 Å². The summed E-state index contributed by atoms with van der Waals surface area (Å²) in [5.74, 6) is 0. The summed E-state index contributed by atoms with van der Waals surface area (Å²) < 4.78 is 15.4. The van der Waals surface area contributed by atoms with Crippen molar-refractivity contribution in [2.75, 3.05) is 9.80 Å². The zero-order chi connectivity index (χ0) is 46.1. The molecule has 0 saturated heterocycles. The Labute approximate surface area is 411 Å². The van der Waals surface area contributed by atoms with E-state index in [1.165, 1.54) is 41.1 Å². The van der Waals surface area contributed by atoms with Crippen LogP contribution in [0, 0.1) is 0 Å². The van der Waals surface area contributed by atoms with Crippen molar-refractivity contribution in [2.45, 2.75) is 0 Å². The predicted octanol–water partition coefficient (Wildman–Crippen LogP) is 19.9. The molecule has 0 aliphatic heterocycles. The van der Waals surface area contributed by atoms with Gasteiger partial charge in [0, 0.05) is 74.8 Å². The van der Waals surface area contributed by atoms with Gasteiger partial charge in [-0.15, -0.1) is 22.7 Å². The second-order valence-electron chi connectivity index (χ2n) is 17.7. The van der Waals surface area contributed by atoms with E-state index in [-0.39, 0.29) is 0 Å². The number of anilines is 6. The highest BCUT2D eigenvalue weighted by Gasteiger charge is 2.19. The lowest BCUT2D eigenvalue weighted by molar-refractivity contribution is 0.668. The lowest BCUT2D eigenvalue weighted by Gasteiger charge is -2.26. The molecule has 70 heavy (non-hydrogen) atoms. The average Bonchev–Trinajstić information content (AvgIpc) is 4.22. The van der Waals surface area contributed by atoms with Crippen LogP contribution in [0.1, 0.15) is 0 Å². The molecule has 0 spiro atoms. The minimum atomic E-state index is 0.873. The summed E-state index contributed by atoms with van der Waals surface area (Å²) in [5, 5.41) is 6.94. The van der Waals surface area contributed by atoms with Gasteiger partial charge >= 0.3 is 0 Å². The molecule has 0 saturated carbocycles. The topological polar surface area (TPSA) is 32.8 Å². The third-order valence-corrected chi connectivity index (χ3v) is 15.8. The van der Waals surface area contributed by atoms with Crippen molar-refractivity contribution in [3.8, 4) is 32.0 Å². The molecule has 0 N–H and O–H groups in total. The van der Waals surface area contributed by atoms with Crippen molar-refractivity contribution in [2.24, 2.45) is 0 Å². The van der Waals surface area contributed by atoms with Gasteiger partial charge in [0.25, 0.3) is 0 Å². The molecule has 14 rings (SSSR count). The largest absolute Gasteiger partial charge is 0.456 e. The highest BCUT2D eigenvalue weighted by molar-refractivity contribution is 7.22. The minimum absolute atomic E-state index is 0.873. The third kappa shape index (κ3) is 7.04. The molecule has 10 aromatic carbocycles. The second-order valence-corrected chi connectivity index (χ2v) is 19.9. The van der Waals surface area contributed by atoms with Gasteiger partial charge in [0.2, 0.25) is 0 Å². The zero-order valence-electron chi connectivity index (χ0n) is 37.6. The normalized spacial score (nSPS) is 11.7. The Morgan fingerprint density at radius 2 is 0.586 bits per heavy atom. The van der Waals surface area contributed by atoms with E-state index in [1.54, 1.807) is 0 Å². The smallest absolute Gasteiger partial charge is 0.135 e. The molecule has 4 heterocycles. The summed E-state index contributed by atoms with van der Waals surface area (Å²) in [4.78, 5) is 7.15. The van der Waals surface area contributed by atoms with E-state index in [9.17, 15) is 0 Å². The third-order valence-electron chi connectivity index (χ3n) is 13.5. The van der Waals surface area contributed by atoms with E-state index in [4.69, 9.17) is 8.83 Å². The zero-order valence-corrected chi connectivity index (χ0v) is 39.3. The lowest BCUT2D eigenvalue weighted by atomic mass is 10.0. The van der Waals surface area contributed by atoms with Gasteiger partial charge in [0.15, 0.2) is 0 Å². The standard InChI is InChI=1S/C64H40N2O2S2/c1-3-13-47(14-4-1)65(51-29-33-59-55(39-51)53-35-45(23-31-57(53)67-59)63-37-43-11-7-9-17-61(43)69-63)49-25-19-41(20-26-49)42-21-27-50(28-22-42)66(48-15-5-2-6-16-48)52-30-34-60-56(40-52)54-36-46(24-32-58(54)68-60)64-38-44-12-8-10-18-62(44)70-64/h1-40H. The maximum absolute atomic E-state index is 6.42. The van der Waals surface area contributed by atoms with Gasteiger partial charge in [-0.25, -0.2) is 0 Å². The first kappa shape index (κ1) is 40.4. The SMILES string of the molecule is c1ccc(N(c2ccc(-c3ccc(N(c4ccccc4)c4ccc5oc6ccc(-c7cc8ccccc8s7)cc6c5c4)cc3)cc2)c2ccc3oc4ccc(-c5cc6ccccc6s5)cc4c3c2)cc1. The number of benzene rings is 10. The van der Waals surface area contributed by atoms with Crippen LogP contribution in [-0.4, -0.2) is 0 Å². The second kappa shape index (κ2) is 16.5. The molecule has 4 aromatic heterocycles. The Hall–Kier alpha value is -8.68.